The van der Waals surface area contributed by atoms with E-state index in [1.54, 1.807) is 0 Å². The molecule has 1 saturated heterocycles. The standard InChI is InChI=1S/C6H12O5S/c7-1-2-5(12)3(8)4(9)6(10)11-2/h2-10,12H,1H2/t2-,3-,4-,5+,6+/m0/s1. The van der Waals surface area contributed by atoms with E-state index in [4.69, 9.17) is 20.1 Å². The van der Waals surface area contributed by atoms with E-state index < -0.39 is 29.9 Å². The van der Waals surface area contributed by atoms with Gasteiger partial charge in [-0.1, -0.05) is 0 Å². The van der Waals surface area contributed by atoms with Crippen LogP contribution >= 0.6 is 12.6 Å². The number of aliphatic hydroxyl groups is 4. The van der Waals surface area contributed by atoms with E-state index in [2.05, 4.69) is 12.6 Å². The van der Waals surface area contributed by atoms with Gasteiger partial charge in [-0.05, 0) is 0 Å². The fourth-order valence-corrected chi connectivity index (χ4v) is 1.42. The second kappa shape index (κ2) is 3.91. The highest BCUT2D eigenvalue weighted by Gasteiger charge is 2.41. The molecular formula is C6H12O5S. The third-order valence-corrected chi connectivity index (χ3v) is 2.51. The van der Waals surface area contributed by atoms with Crippen molar-refractivity contribution in [3.05, 3.63) is 0 Å². The van der Waals surface area contributed by atoms with Crippen LogP contribution in [0.4, 0.5) is 0 Å². The molecule has 1 fully saturated rings. The third-order valence-electron chi connectivity index (χ3n) is 1.87. The van der Waals surface area contributed by atoms with Crippen molar-refractivity contribution in [1.29, 1.82) is 0 Å². The topological polar surface area (TPSA) is 90.2 Å². The summed E-state index contributed by atoms with van der Waals surface area (Å²) in [4.78, 5) is 0. The van der Waals surface area contributed by atoms with E-state index in [1.165, 1.54) is 0 Å². The average Bonchev–Trinajstić information content (AvgIpc) is 2.08. The van der Waals surface area contributed by atoms with E-state index >= 15 is 0 Å². The summed E-state index contributed by atoms with van der Waals surface area (Å²) in [5.74, 6) is 0. The summed E-state index contributed by atoms with van der Waals surface area (Å²) in [5.41, 5.74) is 0. The Bertz CT molecular complexity index is 150. The number of rotatable bonds is 1. The molecule has 0 aliphatic carbocycles. The summed E-state index contributed by atoms with van der Waals surface area (Å²) in [5, 5.41) is 35.3. The quantitative estimate of drug-likeness (QED) is 0.305. The molecule has 6 heteroatoms. The molecule has 0 spiro atoms. The Morgan fingerprint density at radius 1 is 1.17 bits per heavy atom. The van der Waals surface area contributed by atoms with Gasteiger partial charge in [0.1, 0.15) is 6.10 Å². The molecule has 1 aliphatic heterocycles. The van der Waals surface area contributed by atoms with Crippen molar-refractivity contribution < 1.29 is 25.2 Å². The van der Waals surface area contributed by atoms with E-state index in [0.29, 0.717) is 0 Å². The predicted molar refractivity (Wildman–Crippen MR) is 42.8 cm³/mol. The van der Waals surface area contributed by atoms with Gasteiger partial charge in [-0.15, -0.1) is 0 Å². The van der Waals surface area contributed by atoms with E-state index in [-0.39, 0.29) is 6.61 Å². The molecule has 0 aromatic heterocycles. The lowest BCUT2D eigenvalue weighted by atomic mass is 10.0. The zero-order valence-electron chi connectivity index (χ0n) is 6.24. The summed E-state index contributed by atoms with van der Waals surface area (Å²) in [6, 6.07) is 0. The van der Waals surface area contributed by atoms with Gasteiger partial charge in [-0.2, -0.15) is 12.6 Å². The maximum absolute atomic E-state index is 9.24. The van der Waals surface area contributed by atoms with Gasteiger partial charge in [0.25, 0.3) is 0 Å². The van der Waals surface area contributed by atoms with E-state index in [1.807, 2.05) is 0 Å². The van der Waals surface area contributed by atoms with Crippen LogP contribution in [0.15, 0.2) is 0 Å². The van der Waals surface area contributed by atoms with E-state index in [0.717, 1.165) is 0 Å². The highest BCUT2D eigenvalue weighted by molar-refractivity contribution is 7.81. The van der Waals surface area contributed by atoms with Crippen LogP contribution in [0.5, 0.6) is 0 Å². The first-order valence-corrected chi connectivity index (χ1v) is 4.08. The van der Waals surface area contributed by atoms with Crippen LogP contribution in [0.2, 0.25) is 0 Å². The average molecular weight is 196 g/mol. The molecule has 5 atom stereocenters. The highest BCUT2D eigenvalue weighted by Crippen LogP contribution is 2.23. The van der Waals surface area contributed by atoms with E-state index in [9.17, 15) is 5.11 Å². The SMILES string of the molecule is OC[C@@H]1O[C@@H](O)[C@@H](O)[C@H](O)[C@@H]1S. The minimum atomic E-state index is -1.46. The Labute approximate surface area is 75.0 Å². The van der Waals surface area contributed by atoms with Crippen LogP contribution in [0.3, 0.4) is 0 Å². The van der Waals surface area contributed by atoms with Gasteiger partial charge in [0.05, 0.1) is 24.1 Å². The Balaban J connectivity index is 2.63. The smallest absolute Gasteiger partial charge is 0.183 e. The van der Waals surface area contributed by atoms with Gasteiger partial charge in [-0.25, -0.2) is 0 Å². The third kappa shape index (κ3) is 1.73. The normalized spacial score (nSPS) is 49.2. The van der Waals surface area contributed by atoms with Crippen LogP contribution in [0, 0.1) is 0 Å². The summed E-state index contributed by atoms with van der Waals surface area (Å²) in [6.45, 7) is -0.352. The van der Waals surface area contributed by atoms with Crippen LogP contribution < -0.4 is 0 Å². The van der Waals surface area contributed by atoms with Crippen molar-refractivity contribution in [1.82, 2.24) is 0 Å². The van der Waals surface area contributed by atoms with Crippen LogP contribution in [-0.2, 0) is 4.74 Å². The molecule has 0 amide bonds. The number of hydrogen-bond acceptors (Lipinski definition) is 6. The monoisotopic (exact) mass is 196 g/mol. The maximum Gasteiger partial charge on any atom is 0.183 e. The first-order chi connectivity index (χ1) is 5.57. The molecule has 0 unspecified atom stereocenters. The fourth-order valence-electron chi connectivity index (χ4n) is 1.08. The summed E-state index contributed by atoms with van der Waals surface area (Å²) in [7, 11) is 0. The van der Waals surface area contributed by atoms with Gasteiger partial charge < -0.3 is 25.2 Å². The zero-order chi connectivity index (χ0) is 9.30. The second-order valence-electron chi connectivity index (χ2n) is 2.72. The van der Waals surface area contributed by atoms with Crippen LogP contribution in [-0.4, -0.2) is 56.9 Å². The fraction of sp³-hybridized carbons (Fsp3) is 1.00. The lowest BCUT2D eigenvalue weighted by Gasteiger charge is -2.37. The lowest BCUT2D eigenvalue weighted by molar-refractivity contribution is -0.248. The predicted octanol–water partition coefficient (Wildman–Crippen LogP) is -2.28. The summed E-state index contributed by atoms with van der Waals surface area (Å²) >= 11 is 3.93. The van der Waals surface area contributed by atoms with Crippen molar-refractivity contribution >= 4 is 12.6 Å². The summed E-state index contributed by atoms with van der Waals surface area (Å²) in [6.07, 6.45) is -4.76. The molecule has 1 aliphatic rings. The molecule has 12 heavy (non-hydrogen) atoms. The Morgan fingerprint density at radius 2 is 1.75 bits per heavy atom. The molecule has 1 heterocycles. The second-order valence-corrected chi connectivity index (χ2v) is 3.32. The first kappa shape index (κ1) is 10.2. The Kier molecular flexibility index (Phi) is 3.33. The van der Waals surface area contributed by atoms with Crippen LogP contribution in [0.1, 0.15) is 0 Å². The molecule has 0 saturated carbocycles. The van der Waals surface area contributed by atoms with Crippen molar-refractivity contribution in [3.63, 3.8) is 0 Å². The molecule has 5 nitrogen and oxygen atoms in total. The number of hydrogen-bond donors (Lipinski definition) is 5. The molecular weight excluding hydrogens is 184 g/mol. The number of thiol groups is 1. The van der Waals surface area contributed by atoms with Crippen molar-refractivity contribution in [2.24, 2.45) is 0 Å². The molecule has 1 rings (SSSR count). The lowest BCUT2D eigenvalue weighted by Crippen LogP contribution is -2.56. The van der Waals surface area contributed by atoms with Gasteiger partial charge in [0.15, 0.2) is 6.29 Å². The zero-order valence-corrected chi connectivity index (χ0v) is 7.13. The van der Waals surface area contributed by atoms with Gasteiger partial charge >= 0.3 is 0 Å². The molecule has 0 bridgehead atoms. The largest absolute Gasteiger partial charge is 0.394 e. The minimum Gasteiger partial charge on any atom is -0.394 e. The molecule has 72 valence electrons. The van der Waals surface area contributed by atoms with Crippen molar-refractivity contribution in [3.8, 4) is 0 Å². The molecule has 0 aromatic rings. The Hall–Kier alpha value is 0.150. The summed E-state index contributed by atoms with van der Waals surface area (Å²) < 4.78 is 4.75. The maximum atomic E-state index is 9.24. The van der Waals surface area contributed by atoms with Crippen molar-refractivity contribution in [2.75, 3.05) is 6.61 Å². The minimum absolute atomic E-state index is 0.352. The van der Waals surface area contributed by atoms with Crippen molar-refractivity contribution in [2.45, 2.75) is 29.9 Å². The highest BCUT2D eigenvalue weighted by atomic mass is 32.1. The van der Waals surface area contributed by atoms with Crippen LogP contribution in [0.25, 0.3) is 0 Å². The number of aliphatic hydroxyl groups excluding tert-OH is 4. The molecule has 4 N–H and O–H groups in total. The van der Waals surface area contributed by atoms with Gasteiger partial charge in [-0.3, -0.25) is 0 Å². The molecule has 0 aromatic carbocycles. The molecule has 0 radical (unpaired) electrons. The first-order valence-electron chi connectivity index (χ1n) is 3.56. The van der Waals surface area contributed by atoms with Gasteiger partial charge in [0.2, 0.25) is 0 Å². The Morgan fingerprint density at radius 3 is 2.25 bits per heavy atom. The van der Waals surface area contributed by atoms with Gasteiger partial charge in [0, 0.05) is 0 Å². The number of ether oxygens (including phenoxy) is 1.